The van der Waals surface area contributed by atoms with E-state index in [0.29, 0.717) is 6.54 Å². The van der Waals surface area contributed by atoms with Crippen molar-refractivity contribution >= 4 is 29.9 Å². The van der Waals surface area contributed by atoms with Gasteiger partial charge in [-0.2, -0.15) is 0 Å². The standard InChI is InChI=1S/C21H36N4O2.HI/c1-4-22-21(23-13-7-8-14-25-15-9-10-16-25)24-17-18(2)27-20-12-6-5-11-19(20)26-3;/h5-6,11-12,18H,4,7-10,13-17H2,1-3H3,(H2,22,23,24);1H. The van der Waals surface area contributed by atoms with Crippen LogP contribution in [0.2, 0.25) is 0 Å². The number of benzene rings is 1. The first kappa shape index (κ1) is 24.8. The van der Waals surface area contributed by atoms with Gasteiger partial charge in [-0.3, -0.25) is 0 Å². The number of aliphatic imine (C=N–C) groups is 1. The minimum absolute atomic E-state index is 0. The minimum Gasteiger partial charge on any atom is -0.493 e. The zero-order valence-electron chi connectivity index (χ0n) is 17.6. The number of nitrogens with zero attached hydrogens (tertiary/aromatic N) is 2. The van der Waals surface area contributed by atoms with Crippen LogP contribution in [0.15, 0.2) is 29.3 Å². The molecule has 1 heterocycles. The molecule has 1 unspecified atom stereocenters. The van der Waals surface area contributed by atoms with Crippen molar-refractivity contribution in [2.75, 3.05) is 46.4 Å². The Morgan fingerprint density at radius 3 is 2.54 bits per heavy atom. The lowest BCUT2D eigenvalue weighted by Crippen LogP contribution is -2.38. The van der Waals surface area contributed by atoms with Gasteiger partial charge < -0.3 is 25.0 Å². The van der Waals surface area contributed by atoms with E-state index in [1.54, 1.807) is 7.11 Å². The van der Waals surface area contributed by atoms with Gasteiger partial charge >= 0.3 is 0 Å². The maximum Gasteiger partial charge on any atom is 0.191 e. The molecule has 0 radical (unpaired) electrons. The number of hydrogen-bond acceptors (Lipinski definition) is 4. The van der Waals surface area contributed by atoms with Crippen LogP contribution < -0.4 is 20.1 Å². The number of unbranched alkanes of at least 4 members (excludes halogenated alkanes) is 1. The molecule has 1 fully saturated rings. The van der Waals surface area contributed by atoms with Crippen LogP contribution in [0.4, 0.5) is 0 Å². The molecule has 6 nitrogen and oxygen atoms in total. The Hall–Kier alpha value is -1.22. The van der Waals surface area contributed by atoms with Crippen LogP contribution in [-0.2, 0) is 0 Å². The molecule has 1 aliphatic heterocycles. The van der Waals surface area contributed by atoms with Crippen molar-refractivity contribution in [1.82, 2.24) is 15.5 Å². The maximum atomic E-state index is 5.97. The number of ether oxygens (including phenoxy) is 2. The van der Waals surface area contributed by atoms with Crippen molar-refractivity contribution < 1.29 is 9.47 Å². The van der Waals surface area contributed by atoms with Crippen LogP contribution in [0.3, 0.4) is 0 Å². The number of hydrogen-bond donors (Lipinski definition) is 2. The van der Waals surface area contributed by atoms with Crippen LogP contribution >= 0.6 is 24.0 Å². The van der Waals surface area contributed by atoms with Gasteiger partial charge in [0.05, 0.1) is 13.7 Å². The summed E-state index contributed by atoms with van der Waals surface area (Å²) in [6.45, 7) is 10.3. The molecule has 0 bridgehead atoms. The summed E-state index contributed by atoms with van der Waals surface area (Å²) in [5.41, 5.74) is 0. The van der Waals surface area contributed by atoms with Crippen LogP contribution in [0.25, 0.3) is 0 Å². The summed E-state index contributed by atoms with van der Waals surface area (Å²) in [6.07, 6.45) is 5.09. The normalized spacial score (nSPS) is 15.6. The van der Waals surface area contributed by atoms with E-state index in [1.165, 1.54) is 38.9 Å². The third kappa shape index (κ3) is 9.32. The molecule has 0 aliphatic carbocycles. The van der Waals surface area contributed by atoms with E-state index in [2.05, 4.69) is 27.4 Å². The van der Waals surface area contributed by atoms with Gasteiger partial charge in [0.2, 0.25) is 0 Å². The molecule has 1 aromatic carbocycles. The van der Waals surface area contributed by atoms with Gasteiger partial charge in [-0.1, -0.05) is 12.1 Å². The lowest BCUT2D eigenvalue weighted by molar-refractivity contribution is 0.219. The Labute approximate surface area is 187 Å². The lowest BCUT2D eigenvalue weighted by Gasteiger charge is -2.17. The summed E-state index contributed by atoms with van der Waals surface area (Å²) in [5, 5.41) is 6.73. The zero-order valence-corrected chi connectivity index (χ0v) is 19.9. The van der Waals surface area contributed by atoms with Gasteiger partial charge in [0.1, 0.15) is 6.10 Å². The van der Waals surface area contributed by atoms with E-state index >= 15 is 0 Å². The predicted molar refractivity (Wildman–Crippen MR) is 127 cm³/mol. The number of halogens is 1. The Morgan fingerprint density at radius 2 is 1.86 bits per heavy atom. The number of rotatable bonds is 11. The first-order valence-corrected chi connectivity index (χ1v) is 10.3. The highest BCUT2D eigenvalue weighted by atomic mass is 127. The molecule has 0 saturated carbocycles. The number of guanidine groups is 1. The highest BCUT2D eigenvalue weighted by Crippen LogP contribution is 2.26. The van der Waals surface area contributed by atoms with Crippen molar-refractivity contribution in [2.45, 2.75) is 45.6 Å². The molecule has 0 amide bonds. The molecule has 0 aromatic heterocycles. The van der Waals surface area contributed by atoms with Gasteiger partial charge in [0.15, 0.2) is 17.5 Å². The van der Waals surface area contributed by atoms with Crippen LogP contribution in [0.1, 0.15) is 39.5 Å². The second kappa shape index (κ2) is 14.7. The Morgan fingerprint density at radius 1 is 1.14 bits per heavy atom. The topological polar surface area (TPSA) is 58.1 Å². The second-order valence-corrected chi connectivity index (χ2v) is 6.98. The van der Waals surface area contributed by atoms with Gasteiger partial charge in [0.25, 0.3) is 0 Å². The summed E-state index contributed by atoms with van der Waals surface area (Å²) in [4.78, 5) is 7.22. The van der Waals surface area contributed by atoms with E-state index < -0.39 is 0 Å². The number of nitrogens with one attached hydrogen (secondary N) is 2. The third-order valence-electron chi connectivity index (χ3n) is 4.64. The smallest absolute Gasteiger partial charge is 0.191 e. The largest absolute Gasteiger partial charge is 0.493 e. The predicted octanol–water partition coefficient (Wildman–Crippen LogP) is 3.51. The van der Waals surface area contributed by atoms with Crippen molar-refractivity contribution in [2.24, 2.45) is 4.99 Å². The Balaban J connectivity index is 0.00000392. The molecule has 2 N–H and O–H groups in total. The summed E-state index contributed by atoms with van der Waals surface area (Å²) in [7, 11) is 1.65. The van der Waals surface area contributed by atoms with E-state index in [9.17, 15) is 0 Å². The summed E-state index contributed by atoms with van der Waals surface area (Å²) in [5.74, 6) is 2.35. The van der Waals surface area contributed by atoms with Crippen LogP contribution in [0, 0.1) is 0 Å². The molecular weight excluding hydrogens is 467 g/mol. The SMILES string of the molecule is CCNC(=NCC(C)Oc1ccccc1OC)NCCCCN1CCCC1.I. The molecular formula is C21H37IN4O2. The highest BCUT2D eigenvalue weighted by molar-refractivity contribution is 14.0. The van der Waals surface area contributed by atoms with E-state index in [1.807, 2.05) is 31.2 Å². The Kier molecular flexibility index (Phi) is 13.1. The number of methoxy groups -OCH3 is 1. The lowest BCUT2D eigenvalue weighted by atomic mass is 10.3. The molecule has 1 saturated heterocycles. The molecule has 1 aromatic rings. The van der Waals surface area contributed by atoms with Gasteiger partial charge in [0, 0.05) is 13.1 Å². The summed E-state index contributed by atoms with van der Waals surface area (Å²) in [6, 6.07) is 7.70. The van der Waals surface area contributed by atoms with Crippen molar-refractivity contribution in [3.05, 3.63) is 24.3 Å². The summed E-state index contributed by atoms with van der Waals surface area (Å²) >= 11 is 0. The van der Waals surface area contributed by atoms with E-state index in [-0.39, 0.29) is 30.1 Å². The first-order chi connectivity index (χ1) is 13.2. The number of para-hydroxylation sites is 2. The van der Waals surface area contributed by atoms with Gasteiger partial charge in [-0.15, -0.1) is 24.0 Å². The van der Waals surface area contributed by atoms with Crippen molar-refractivity contribution in [1.29, 1.82) is 0 Å². The summed E-state index contributed by atoms with van der Waals surface area (Å²) < 4.78 is 11.3. The first-order valence-electron chi connectivity index (χ1n) is 10.3. The molecule has 0 spiro atoms. The Bertz CT molecular complexity index is 565. The fourth-order valence-electron chi connectivity index (χ4n) is 3.21. The monoisotopic (exact) mass is 504 g/mol. The van der Waals surface area contributed by atoms with E-state index in [0.717, 1.165) is 37.0 Å². The van der Waals surface area contributed by atoms with Crippen LogP contribution in [0.5, 0.6) is 11.5 Å². The van der Waals surface area contributed by atoms with Gasteiger partial charge in [-0.05, 0) is 71.3 Å². The maximum absolute atomic E-state index is 5.97. The molecule has 1 aliphatic rings. The average Bonchev–Trinajstić information content (AvgIpc) is 3.19. The zero-order chi connectivity index (χ0) is 19.3. The van der Waals surface area contributed by atoms with Crippen LogP contribution in [-0.4, -0.2) is 63.3 Å². The third-order valence-corrected chi connectivity index (χ3v) is 4.64. The fraction of sp³-hybridized carbons (Fsp3) is 0.667. The molecule has 28 heavy (non-hydrogen) atoms. The molecule has 160 valence electrons. The average molecular weight is 504 g/mol. The van der Waals surface area contributed by atoms with Crippen molar-refractivity contribution in [3.8, 4) is 11.5 Å². The molecule has 7 heteroatoms. The van der Waals surface area contributed by atoms with Crippen molar-refractivity contribution in [3.63, 3.8) is 0 Å². The van der Waals surface area contributed by atoms with E-state index in [4.69, 9.17) is 9.47 Å². The second-order valence-electron chi connectivity index (χ2n) is 6.98. The minimum atomic E-state index is -0.0353. The quantitative estimate of drug-likeness (QED) is 0.209. The highest BCUT2D eigenvalue weighted by Gasteiger charge is 2.10. The fourth-order valence-corrected chi connectivity index (χ4v) is 3.21. The molecule has 1 atom stereocenters. The number of likely N-dealkylation sites (tertiary alicyclic amines) is 1. The molecule has 2 rings (SSSR count). The van der Waals surface area contributed by atoms with Gasteiger partial charge in [-0.25, -0.2) is 4.99 Å².